The van der Waals surface area contributed by atoms with E-state index in [1.807, 2.05) is 18.2 Å². The van der Waals surface area contributed by atoms with Crippen molar-refractivity contribution in [3.63, 3.8) is 0 Å². The van der Waals surface area contributed by atoms with E-state index in [4.69, 9.17) is 0 Å². The molecule has 0 atom stereocenters. The van der Waals surface area contributed by atoms with Crippen molar-refractivity contribution < 1.29 is 0 Å². The Kier molecular flexibility index (Phi) is 1.71. The van der Waals surface area contributed by atoms with Crippen LogP contribution < -0.4 is 0 Å². The van der Waals surface area contributed by atoms with Crippen LogP contribution in [0.5, 0.6) is 0 Å². The first-order chi connectivity index (χ1) is 7.43. The summed E-state index contributed by atoms with van der Waals surface area (Å²) < 4.78 is 0. The Hall–Kier alpha value is -2.23. The Balaban J connectivity index is 2.19. The lowest BCUT2D eigenvalue weighted by Crippen LogP contribution is -1.86. The molecule has 2 aromatic heterocycles. The van der Waals surface area contributed by atoms with E-state index in [9.17, 15) is 0 Å². The van der Waals surface area contributed by atoms with Gasteiger partial charge in [0, 0.05) is 18.0 Å². The fourth-order valence-corrected chi connectivity index (χ4v) is 1.52. The zero-order chi connectivity index (χ0) is 10.1. The summed E-state index contributed by atoms with van der Waals surface area (Å²) in [6.07, 6.45) is 5.15. The summed E-state index contributed by atoms with van der Waals surface area (Å²) in [7, 11) is 0. The second kappa shape index (κ2) is 3.16. The third-order valence-electron chi connectivity index (χ3n) is 2.24. The Bertz CT molecular complexity index is 586. The van der Waals surface area contributed by atoms with Crippen LogP contribution in [0.4, 0.5) is 0 Å². The van der Waals surface area contributed by atoms with Crippen LogP contribution in [0.1, 0.15) is 0 Å². The van der Waals surface area contributed by atoms with Crippen LogP contribution in [-0.2, 0) is 0 Å². The molecule has 0 aliphatic carbocycles. The number of benzene rings is 1. The van der Waals surface area contributed by atoms with Crippen LogP contribution in [-0.4, -0.2) is 19.9 Å². The van der Waals surface area contributed by atoms with Crippen molar-refractivity contribution in [1.29, 1.82) is 0 Å². The molecule has 0 radical (unpaired) electrons. The molecule has 0 bridgehead atoms. The zero-order valence-corrected chi connectivity index (χ0v) is 7.88. The van der Waals surface area contributed by atoms with Gasteiger partial charge in [0.25, 0.3) is 0 Å². The normalized spacial score (nSPS) is 10.7. The van der Waals surface area contributed by atoms with Crippen LogP contribution in [0.25, 0.3) is 22.4 Å². The maximum absolute atomic E-state index is 4.19. The quantitative estimate of drug-likeness (QED) is 0.647. The first kappa shape index (κ1) is 8.11. The number of nitrogens with zero attached hydrogens (tertiary/aromatic N) is 3. The van der Waals surface area contributed by atoms with E-state index >= 15 is 0 Å². The van der Waals surface area contributed by atoms with Crippen molar-refractivity contribution in [3.8, 4) is 11.4 Å². The molecule has 0 aliphatic heterocycles. The maximum atomic E-state index is 4.19. The number of aromatic nitrogens is 4. The average molecular weight is 196 g/mol. The van der Waals surface area contributed by atoms with Crippen molar-refractivity contribution in [3.05, 3.63) is 43.0 Å². The highest BCUT2D eigenvalue weighted by atomic mass is 14.9. The molecule has 0 unspecified atom stereocenters. The van der Waals surface area contributed by atoms with Crippen LogP contribution in [0.2, 0.25) is 0 Å². The van der Waals surface area contributed by atoms with E-state index in [0.29, 0.717) is 0 Å². The molecule has 0 saturated heterocycles. The van der Waals surface area contributed by atoms with Gasteiger partial charge in [-0.3, -0.25) is 0 Å². The molecule has 0 fully saturated rings. The maximum Gasteiger partial charge on any atom is 0.159 e. The lowest BCUT2D eigenvalue weighted by atomic mass is 10.2. The van der Waals surface area contributed by atoms with Crippen molar-refractivity contribution in [1.82, 2.24) is 19.9 Å². The highest BCUT2D eigenvalue weighted by molar-refractivity contribution is 5.79. The van der Waals surface area contributed by atoms with E-state index in [-0.39, 0.29) is 0 Å². The van der Waals surface area contributed by atoms with Gasteiger partial charge >= 0.3 is 0 Å². The molecular formula is C11H8N4. The largest absolute Gasteiger partial charge is 0.345 e. The Morgan fingerprint density at radius 2 is 1.87 bits per heavy atom. The molecular weight excluding hydrogens is 188 g/mol. The van der Waals surface area contributed by atoms with Gasteiger partial charge in [0.05, 0.1) is 17.4 Å². The van der Waals surface area contributed by atoms with Gasteiger partial charge in [-0.1, -0.05) is 0 Å². The first-order valence-electron chi connectivity index (χ1n) is 4.64. The molecule has 1 aromatic carbocycles. The summed E-state index contributed by atoms with van der Waals surface area (Å²) in [5.41, 5.74) is 2.95. The SMILES string of the molecule is c1cnc(-c2ccc3nc[nH]c3c2)nc1. The molecule has 1 N–H and O–H groups in total. The first-order valence-corrected chi connectivity index (χ1v) is 4.64. The van der Waals surface area contributed by atoms with Crippen LogP contribution in [0.3, 0.4) is 0 Å². The van der Waals surface area contributed by atoms with E-state index < -0.39 is 0 Å². The van der Waals surface area contributed by atoms with Crippen molar-refractivity contribution >= 4 is 11.0 Å². The fraction of sp³-hybridized carbons (Fsp3) is 0. The summed E-state index contributed by atoms with van der Waals surface area (Å²) >= 11 is 0. The zero-order valence-electron chi connectivity index (χ0n) is 7.88. The third-order valence-corrected chi connectivity index (χ3v) is 2.24. The van der Waals surface area contributed by atoms with E-state index in [0.717, 1.165) is 22.4 Å². The van der Waals surface area contributed by atoms with Crippen molar-refractivity contribution in [2.24, 2.45) is 0 Å². The average Bonchev–Trinajstić information content (AvgIpc) is 2.77. The molecule has 2 heterocycles. The Labute approximate surface area is 86.0 Å². The van der Waals surface area contributed by atoms with E-state index in [1.54, 1.807) is 24.8 Å². The third kappa shape index (κ3) is 1.36. The predicted molar refractivity (Wildman–Crippen MR) is 57.1 cm³/mol. The lowest BCUT2D eigenvalue weighted by molar-refractivity contribution is 1.18. The topological polar surface area (TPSA) is 54.5 Å². The molecule has 4 nitrogen and oxygen atoms in total. The molecule has 4 heteroatoms. The van der Waals surface area contributed by atoms with Gasteiger partial charge in [0.15, 0.2) is 5.82 Å². The second-order valence-corrected chi connectivity index (χ2v) is 3.21. The number of fused-ring (bicyclic) bond motifs is 1. The highest BCUT2D eigenvalue weighted by Crippen LogP contribution is 2.18. The number of nitrogens with one attached hydrogen (secondary N) is 1. The second-order valence-electron chi connectivity index (χ2n) is 3.21. The van der Waals surface area contributed by atoms with Crippen LogP contribution >= 0.6 is 0 Å². The molecule has 0 saturated carbocycles. The molecule has 3 rings (SSSR count). The smallest absolute Gasteiger partial charge is 0.159 e. The summed E-state index contributed by atoms with van der Waals surface area (Å²) in [6.45, 7) is 0. The summed E-state index contributed by atoms with van der Waals surface area (Å²) in [6, 6.07) is 7.73. The highest BCUT2D eigenvalue weighted by Gasteiger charge is 2.02. The number of imidazole rings is 1. The number of aromatic amines is 1. The molecule has 15 heavy (non-hydrogen) atoms. The molecule has 0 spiro atoms. The van der Waals surface area contributed by atoms with Gasteiger partial charge < -0.3 is 4.98 Å². The summed E-state index contributed by atoms with van der Waals surface area (Å²) in [5.74, 6) is 0.731. The Morgan fingerprint density at radius 3 is 2.73 bits per heavy atom. The van der Waals surface area contributed by atoms with Crippen LogP contribution in [0, 0.1) is 0 Å². The number of hydrogen-bond acceptors (Lipinski definition) is 3. The standard InChI is InChI=1S/C11H8N4/c1-4-12-11(13-5-1)8-2-3-9-10(6-8)15-7-14-9/h1-7H,(H,14,15). The molecule has 3 aromatic rings. The molecule has 72 valence electrons. The monoisotopic (exact) mass is 196 g/mol. The van der Waals surface area contributed by atoms with Gasteiger partial charge in [-0.2, -0.15) is 0 Å². The minimum atomic E-state index is 0.731. The van der Waals surface area contributed by atoms with E-state index in [1.165, 1.54) is 0 Å². The lowest BCUT2D eigenvalue weighted by Gasteiger charge is -1.98. The van der Waals surface area contributed by atoms with Gasteiger partial charge in [0.1, 0.15) is 0 Å². The van der Waals surface area contributed by atoms with Crippen LogP contribution in [0.15, 0.2) is 43.0 Å². The van der Waals surface area contributed by atoms with Gasteiger partial charge in [-0.05, 0) is 24.3 Å². The summed E-state index contributed by atoms with van der Waals surface area (Å²) in [4.78, 5) is 15.6. The fourth-order valence-electron chi connectivity index (χ4n) is 1.52. The Morgan fingerprint density at radius 1 is 1.00 bits per heavy atom. The summed E-state index contributed by atoms with van der Waals surface area (Å²) in [5, 5.41) is 0. The van der Waals surface area contributed by atoms with Gasteiger partial charge in [0.2, 0.25) is 0 Å². The van der Waals surface area contributed by atoms with E-state index in [2.05, 4.69) is 19.9 Å². The molecule has 0 amide bonds. The van der Waals surface area contributed by atoms with Gasteiger partial charge in [-0.25, -0.2) is 15.0 Å². The predicted octanol–water partition coefficient (Wildman–Crippen LogP) is 2.02. The molecule has 0 aliphatic rings. The van der Waals surface area contributed by atoms with Crippen molar-refractivity contribution in [2.45, 2.75) is 0 Å². The number of H-pyrrole nitrogens is 1. The number of rotatable bonds is 1. The number of hydrogen-bond donors (Lipinski definition) is 1. The van der Waals surface area contributed by atoms with Crippen molar-refractivity contribution in [2.75, 3.05) is 0 Å². The van der Waals surface area contributed by atoms with Gasteiger partial charge in [-0.15, -0.1) is 0 Å². The minimum Gasteiger partial charge on any atom is -0.345 e. The minimum absolute atomic E-state index is 0.731.